The fraction of sp³-hybridized carbons (Fsp3) is 0.524. The molecule has 0 aromatic carbocycles. The minimum atomic E-state index is -4.53. The number of rotatable bonds is 9. The second kappa shape index (κ2) is 11.0. The third-order valence-corrected chi connectivity index (χ3v) is 8.05. The predicted molar refractivity (Wildman–Crippen MR) is 138 cm³/mol. The summed E-state index contributed by atoms with van der Waals surface area (Å²) in [6.07, 6.45) is -6.10. The van der Waals surface area contributed by atoms with Crippen molar-refractivity contribution in [3.05, 3.63) is 25.3 Å². The van der Waals surface area contributed by atoms with Crippen molar-refractivity contribution in [2.45, 2.75) is 49.1 Å². The van der Waals surface area contributed by atoms with Crippen LogP contribution in [0.5, 0.6) is 0 Å². The number of nitrogens with two attached hydrogens (primary N) is 2. The molecule has 20 nitrogen and oxygen atoms in total. The van der Waals surface area contributed by atoms with Gasteiger partial charge in [-0.15, -0.1) is 0 Å². The van der Waals surface area contributed by atoms with Gasteiger partial charge in [0, 0.05) is 0 Å². The van der Waals surface area contributed by atoms with E-state index in [1.54, 1.807) is 0 Å². The standard InChI is InChI=1S/C21H27N10O10P/c22-16-10-18(26-3-24-16)30(5-28-10)20-14(35)12(33)9(41-20)2-39-42(36,37)7-38-15-13(34)8(1-32)40-21(15)31-6-29-11-17(23)25-4-27-19(11)31/h3-6,8-9,12-15,20-21,32-35H,1-2,7H2,(H,36,37)(H2,22,24,26)(H2,23,25,27)/t8-,9-,12-,13-,14-,15-,20-,21-/m1/s1. The van der Waals surface area contributed by atoms with Crippen molar-refractivity contribution in [1.82, 2.24) is 39.0 Å². The van der Waals surface area contributed by atoms with Crippen molar-refractivity contribution in [2.24, 2.45) is 0 Å². The van der Waals surface area contributed by atoms with Gasteiger partial charge in [0.2, 0.25) is 0 Å². The van der Waals surface area contributed by atoms with Crippen molar-refractivity contribution < 1.29 is 48.6 Å². The van der Waals surface area contributed by atoms with E-state index >= 15 is 0 Å². The predicted octanol–water partition coefficient (Wildman–Crippen LogP) is -2.75. The normalized spacial score (nSPS) is 31.3. The van der Waals surface area contributed by atoms with Crippen LogP contribution in [0.3, 0.4) is 0 Å². The van der Waals surface area contributed by atoms with Crippen LogP contribution in [0, 0.1) is 0 Å². The molecule has 2 aliphatic rings. The zero-order valence-electron chi connectivity index (χ0n) is 21.5. The summed E-state index contributed by atoms with van der Waals surface area (Å²) in [5, 5.41) is 41.5. The minimum Gasteiger partial charge on any atom is -0.394 e. The van der Waals surface area contributed by atoms with Crippen molar-refractivity contribution in [2.75, 3.05) is 31.0 Å². The van der Waals surface area contributed by atoms with E-state index in [4.69, 9.17) is 30.2 Å². The van der Waals surface area contributed by atoms with Gasteiger partial charge in [-0.1, -0.05) is 0 Å². The highest BCUT2D eigenvalue weighted by molar-refractivity contribution is 7.52. The molecule has 2 saturated heterocycles. The van der Waals surface area contributed by atoms with E-state index in [0.29, 0.717) is 0 Å². The average molecular weight is 610 g/mol. The molecule has 0 spiro atoms. The third kappa shape index (κ3) is 4.96. The number of aliphatic hydroxyl groups excluding tert-OH is 4. The van der Waals surface area contributed by atoms with Gasteiger partial charge in [0.15, 0.2) is 35.4 Å². The molecule has 42 heavy (non-hydrogen) atoms. The van der Waals surface area contributed by atoms with Crippen molar-refractivity contribution >= 4 is 41.6 Å². The number of aromatic nitrogens is 8. The third-order valence-electron chi connectivity index (χ3n) is 7.02. The van der Waals surface area contributed by atoms with Crippen LogP contribution in [-0.2, 0) is 23.3 Å². The molecule has 226 valence electrons. The molecule has 2 aliphatic heterocycles. The smallest absolute Gasteiger partial charge is 0.353 e. The van der Waals surface area contributed by atoms with Crippen LogP contribution in [0.2, 0.25) is 0 Å². The number of fused-ring (bicyclic) bond motifs is 2. The Hall–Kier alpha value is -3.43. The molecule has 6 heterocycles. The van der Waals surface area contributed by atoms with E-state index in [-0.39, 0.29) is 34.0 Å². The zero-order valence-corrected chi connectivity index (χ0v) is 22.4. The van der Waals surface area contributed by atoms with Gasteiger partial charge in [-0.05, 0) is 0 Å². The van der Waals surface area contributed by atoms with Crippen LogP contribution in [-0.4, -0.2) is 121 Å². The molecule has 9 atom stereocenters. The SMILES string of the molecule is Nc1ncnc2c1ncn2[C@@H]1O[C@H](COP(=O)(O)CO[C@@H]2[C@H](O)[C@@H](CO)O[C@H]2n2cnc3c(N)ncnc32)[C@@H](O)[C@H]1O. The number of anilines is 2. The fourth-order valence-corrected chi connectivity index (χ4v) is 5.70. The Balaban J connectivity index is 1.12. The Bertz CT molecular complexity index is 1640. The second-order valence-electron chi connectivity index (χ2n) is 9.64. The van der Waals surface area contributed by atoms with E-state index in [1.165, 1.54) is 34.4 Å². The Morgan fingerprint density at radius 3 is 2.00 bits per heavy atom. The average Bonchev–Trinajstić information content (AvgIpc) is 3.72. The first-order valence-corrected chi connectivity index (χ1v) is 14.3. The summed E-state index contributed by atoms with van der Waals surface area (Å²) in [5.41, 5.74) is 12.6. The molecular formula is C21H27N10O10P. The lowest BCUT2D eigenvalue weighted by Crippen LogP contribution is -2.36. The molecule has 21 heteroatoms. The minimum absolute atomic E-state index is 0.101. The number of aliphatic hydroxyl groups is 4. The second-order valence-corrected chi connectivity index (χ2v) is 11.4. The summed E-state index contributed by atoms with van der Waals surface area (Å²) in [7, 11) is -4.53. The lowest BCUT2D eigenvalue weighted by Gasteiger charge is -2.24. The molecule has 0 amide bonds. The Morgan fingerprint density at radius 2 is 1.40 bits per heavy atom. The molecule has 9 N–H and O–H groups in total. The van der Waals surface area contributed by atoms with Crippen molar-refractivity contribution in [3.63, 3.8) is 0 Å². The number of ether oxygens (including phenoxy) is 3. The monoisotopic (exact) mass is 610 g/mol. The van der Waals surface area contributed by atoms with Gasteiger partial charge < -0.3 is 55.5 Å². The van der Waals surface area contributed by atoms with Crippen molar-refractivity contribution in [3.8, 4) is 0 Å². The van der Waals surface area contributed by atoms with E-state index in [1.807, 2.05) is 0 Å². The molecule has 0 radical (unpaired) electrons. The van der Waals surface area contributed by atoms with Gasteiger partial charge in [-0.2, -0.15) is 0 Å². The van der Waals surface area contributed by atoms with E-state index in [9.17, 15) is 29.9 Å². The fourth-order valence-electron chi connectivity index (χ4n) is 4.89. The van der Waals surface area contributed by atoms with Crippen LogP contribution in [0.4, 0.5) is 11.6 Å². The molecule has 0 saturated carbocycles. The van der Waals surface area contributed by atoms with Crippen LogP contribution < -0.4 is 11.5 Å². The maximum absolute atomic E-state index is 12.9. The zero-order chi connectivity index (χ0) is 29.8. The number of imidazole rings is 2. The summed E-state index contributed by atoms with van der Waals surface area (Å²) in [4.78, 5) is 34.6. The highest BCUT2D eigenvalue weighted by atomic mass is 31.2. The highest BCUT2D eigenvalue weighted by Crippen LogP contribution is 2.45. The van der Waals surface area contributed by atoms with Crippen LogP contribution >= 0.6 is 7.60 Å². The molecule has 6 rings (SSSR count). The summed E-state index contributed by atoms with van der Waals surface area (Å²) in [6, 6.07) is 0. The summed E-state index contributed by atoms with van der Waals surface area (Å²) < 4.78 is 37.8. The quantitative estimate of drug-likeness (QED) is 0.0944. The molecule has 1 unspecified atom stereocenters. The molecule has 0 aliphatic carbocycles. The largest absolute Gasteiger partial charge is 0.394 e. The highest BCUT2D eigenvalue weighted by Gasteiger charge is 2.48. The van der Waals surface area contributed by atoms with Crippen LogP contribution in [0.1, 0.15) is 12.5 Å². The molecule has 0 bridgehead atoms. The van der Waals surface area contributed by atoms with Gasteiger partial charge >= 0.3 is 7.60 Å². The van der Waals surface area contributed by atoms with Crippen LogP contribution in [0.15, 0.2) is 25.3 Å². The molecule has 4 aromatic heterocycles. The summed E-state index contributed by atoms with van der Waals surface area (Å²) in [6.45, 7) is -1.18. The number of nitrogens with zero attached hydrogens (tertiary/aromatic N) is 8. The maximum Gasteiger partial charge on any atom is 0.353 e. The Labute approximate surface area is 235 Å². The molecule has 4 aromatic rings. The number of hydrogen-bond donors (Lipinski definition) is 7. The van der Waals surface area contributed by atoms with Gasteiger partial charge in [0.05, 0.1) is 25.9 Å². The van der Waals surface area contributed by atoms with Crippen molar-refractivity contribution in [1.29, 1.82) is 0 Å². The topological polar surface area (TPSA) is 294 Å². The Morgan fingerprint density at radius 1 is 0.833 bits per heavy atom. The molecule has 2 fully saturated rings. The summed E-state index contributed by atoms with van der Waals surface area (Å²) >= 11 is 0. The maximum atomic E-state index is 12.9. The lowest BCUT2D eigenvalue weighted by atomic mass is 10.1. The van der Waals surface area contributed by atoms with Gasteiger partial charge in [0.1, 0.15) is 66.7 Å². The van der Waals surface area contributed by atoms with E-state index in [2.05, 4.69) is 29.9 Å². The van der Waals surface area contributed by atoms with Gasteiger partial charge in [0.25, 0.3) is 0 Å². The number of hydrogen-bond acceptors (Lipinski definition) is 17. The van der Waals surface area contributed by atoms with Crippen LogP contribution in [0.25, 0.3) is 22.3 Å². The number of nitrogen functional groups attached to an aromatic ring is 2. The van der Waals surface area contributed by atoms with E-state index in [0.717, 1.165) is 0 Å². The Kier molecular flexibility index (Phi) is 7.51. The summed E-state index contributed by atoms with van der Waals surface area (Å²) in [5.74, 6) is 0.209. The van der Waals surface area contributed by atoms with Gasteiger partial charge in [-0.3, -0.25) is 13.7 Å². The van der Waals surface area contributed by atoms with E-state index < -0.39 is 76.2 Å². The first-order chi connectivity index (χ1) is 20.1. The van der Waals surface area contributed by atoms with Gasteiger partial charge in [-0.25, -0.2) is 29.9 Å². The first kappa shape index (κ1) is 28.7. The lowest BCUT2D eigenvalue weighted by molar-refractivity contribution is -0.0662. The molecular weight excluding hydrogens is 583 g/mol. The first-order valence-electron chi connectivity index (χ1n) is 12.5.